The van der Waals surface area contributed by atoms with Crippen LogP contribution < -0.4 is 10.6 Å². The molecule has 3 aromatic rings. The van der Waals surface area contributed by atoms with Gasteiger partial charge in [-0.05, 0) is 63.2 Å². The van der Waals surface area contributed by atoms with Crippen LogP contribution in [0, 0.1) is 37.9 Å². The third-order valence-electron chi connectivity index (χ3n) is 5.44. The molecule has 3 rings (SSSR count). The highest BCUT2D eigenvalue weighted by Gasteiger charge is 2.21. The van der Waals surface area contributed by atoms with Crippen LogP contribution in [0.2, 0.25) is 0 Å². The van der Waals surface area contributed by atoms with Crippen molar-refractivity contribution in [1.29, 1.82) is 5.26 Å². The lowest BCUT2D eigenvalue weighted by molar-refractivity contribution is -0.119. The Balaban J connectivity index is 1.68. The fourth-order valence-corrected chi connectivity index (χ4v) is 3.61. The number of rotatable bonds is 8. The lowest BCUT2D eigenvalue weighted by Gasteiger charge is -2.17. The number of benzene rings is 1. The molecule has 0 aliphatic carbocycles. The third-order valence-corrected chi connectivity index (χ3v) is 5.44. The van der Waals surface area contributed by atoms with Gasteiger partial charge in [0.15, 0.2) is 0 Å². The minimum atomic E-state index is -0.363. The maximum absolute atomic E-state index is 13.3. The summed E-state index contributed by atoms with van der Waals surface area (Å²) in [5.41, 5.74) is 3.58. The van der Waals surface area contributed by atoms with Crippen molar-refractivity contribution in [3.05, 3.63) is 76.4 Å². The van der Waals surface area contributed by atoms with E-state index >= 15 is 0 Å². The minimum absolute atomic E-state index is 0.0111. The van der Waals surface area contributed by atoms with Crippen molar-refractivity contribution < 1.29 is 14.0 Å². The predicted octanol–water partition coefficient (Wildman–Crippen LogP) is 3.38. The normalized spacial score (nSPS) is 10.7. The number of likely N-dealkylation sites (N-methyl/N-ethyl adjacent to an activating group) is 1. The smallest absolute Gasteiger partial charge is 0.239 e. The van der Waals surface area contributed by atoms with E-state index in [0.29, 0.717) is 23.7 Å². The number of halogens is 1. The number of amides is 2. The summed E-state index contributed by atoms with van der Waals surface area (Å²) in [7, 11) is 1.65. The van der Waals surface area contributed by atoms with E-state index in [1.54, 1.807) is 36.2 Å². The summed E-state index contributed by atoms with van der Waals surface area (Å²) in [5.74, 6) is -0.156. The van der Waals surface area contributed by atoms with E-state index in [-0.39, 0.29) is 30.7 Å². The van der Waals surface area contributed by atoms with E-state index in [2.05, 4.69) is 21.7 Å². The van der Waals surface area contributed by atoms with Gasteiger partial charge in [0.1, 0.15) is 23.5 Å². The number of nitrogens with zero attached hydrogens (tertiary/aromatic N) is 4. The average Bonchev–Trinajstić information content (AvgIpc) is 2.98. The van der Waals surface area contributed by atoms with Crippen LogP contribution in [-0.2, 0) is 16.1 Å². The molecule has 9 heteroatoms. The van der Waals surface area contributed by atoms with Crippen molar-refractivity contribution in [3.63, 3.8) is 0 Å². The first-order valence-electron chi connectivity index (χ1n) is 10.7. The number of hydrogen-bond donors (Lipinski definition) is 2. The first-order valence-corrected chi connectivity index (χ1v) is 10.7. The molecule has 0 spiro atoms. The molecular formula is C25H27FN6O2. The molecule has 0 saturated carbocycles. The van der Waals surface area contributed by atoms with Gasteiger partial charge in [-0.25, -0.2) is 9.37 Å². The Labute approximate surface area is 198 Å². The Morgan fingerprint density at radius 3 is 2.32 bits per heavy atom. The number of aryl methyl sites for hydroxylation is 1. The first kappa shape index (κ1) is 24.6. The predicted molar refractivity (Wildman–Crippen MR) is 128 cm³/mol. The van der Waals surface area contributed by atoms with Gasteiger partial charge in [-0.1, -0.05) is 18.2 Å². The number of hydrogen-bond acceptors (Lipinski definition) is 5. The van der Waals surface area contributed by atoms with Crippen LogP contribution in [-0.4, -0.2) is 46.4 Å². The van der Waals surface area contributed by atoms with E-state index in [0.717, 1.165) is 22.5 Å². The molecule has 8 nitrogen and oxygen atoms in total. The SMILES string of the molecule is Cc1cccc(NC(=O)CN(C)CC(=O)Nc2c(C#N)c(C)c(C)n2Cc2ccc(F)cc2)n1. The highest BCUT2D eigenvalue weighted by molar-refractivity contribution is 5.95. The van der Waals surface area contributed by atoms with E-state index in [1.807, 2.05) is 31.4 Å². The number of anilines is 2. The van der Waals surface area contributed by atoms with Crippen LogP contribution in [0.15, 0.2) is 42.5 Å². The summed E-state index contributed by atoms with van der Waals surface area (Å²) in [6.07, 6.45) is 0. The van der Waals surface area contributed by atoms with Gasteiger partial charge in [0.2, 0.25) is 11.8 Å². The second-order valence-corrected chi connectivity index (χ2v) is 8.19. The fourth-order valence-electron chi connectivity index (χ4n) is 3.61. The fraction of sp³-hybridized carbons (Fsp3) is 0.280. The van der Waals surface area contributed by atoms with Gasteiger partial charge in [-0.15, -0.1) is 0 Å². The molecule has 2 heterocycles. The summed E-state index contributed by atoms with van der Waals surface area (Å²) in [6, 6.07) is 13.6. The average molecular weight is 463 g/mol. The molecule has 0 fully saturated rings. The summed E-state index contributed by atoms with van der Waals surface area (Å²) in [4.78, 5) is 30.9. The highest BCUT2D eigenvalue weighted by Crippen LogP contribution is 2.27. The van der Waals surface area contributed by atoms with Crippen molar-refractivity contribution in [2.75, 3.05) is 30.8 Å². The maximum atomic E-state index is 13.3. The Kier molecular flexibility index (Phi) is 7.76. The molecule has 0 bridgehead atoms. The Morgan fingerprint density at radius 1 is 1.06 bits per heavy atom. The van der Waals surface area contributed by atoms with Gasteiger partial charge in [0.25, 0.3) is 0 Å². The molecule has 2 aromatic heterocycles. The Morgan fingerprint density at radius 2 is 1.71 bits per heavy atom. The largest absolute Gasteiger partial charge is 0.326 e. The lowest BCUT2D eigenvalue weighted by atomic mass is 10.2. The van der Waals surface area contributed by atoms with Crippen LogP contribution in [0.3, 0.4) is 0 Å². The molecule has 1 aromatic carbocycles. The number of nitriles is 1. The molecule has 0 aliphatic heterocycles. The Bertz CT molecular complexity index is 1240. The second kappa shape index (κ2) is 10.7. The van der Waals surface area contributed by atoms with Crippen molar-refractivity contribution in [2.24, 2.45) is 0 Å². The lowest BCUT2D eigenvalue weighted by Crippen LogP contribution is -2.36. The van der Waals surface area contributed by atoms with Crippen molar-refractivity contribution in [1.82, 2.24) is 14.5 Å². The van der Waals surface area contributed by atoms with Gasteiger partial charge in [0, 0.05) is 17.9 Å². The number of aromatic nitrogens is 2. The second-order valence-electron chi connectivity index (χ2n) is 8.19. The topological polar surface area (TPSA) is 103 Å². The van der Waals surface area contributed by atoms with Crippen molar-refractivity contribution >= 4 is 23.5 Å². The van der Waals surface area contributed by atoms with Crippen LogP contribution in [0.1, 0.15) is 28.1 Å². The highest BCUT2D eigenvalue weighted by atomic mass is 19.1. The van der Waals surface area contributed by atoms with Gasteiger partial charge >= 0.3 is 0 Å². The van der Waals surface area contributed by atoms with Crippen LogP contribution in [0.25, 0.3) is 0 Å². The van der Waals surface area contributed by atoms with E-state index < -0.39 is 0 Å². The number of nitrogens with one attached hydrogen (secondary N) is 2. The van der Waals surface area contributed by atoms with E-state index in [1.165, 1.54) is 12.1 Å². The van der Waals surface area contributed by atoms with Crippen molar-refractivity contribution in [2.45, 2.75) is 27.3 Å². The molecule has 176 valence electrons. The first-order chi connectivity index (χ1) is 16.2. The number of carbonyl (C=O) groups is 2. The molecule has 0 aliphatic rings. The van der Waals surface area contributed by atoms with Crippen LogP contribution in [0.4, 0.5) is 16.0 Å². The number of carbonyl (C=O) groups excluding carboxylic acids is 2. The zero-order valence-electron chi connectivity index (χ0n) is 19.6. The molecule has 34 heavy (non-hydrogen) atoms. The summed E-state index contributed by atoms with van der Waals surface area (Å²) in [5, 5.41) is 15.2. The monoisotopic (exact) mass is 462 g/mol. The quantitative estimate of drug-likeness (QED) is 0.534. The van der Waals surface area contributed by atoms with E-state index in [4.69, 9.17) is 0 Å². The molecule has 0 atom stereocenters. The number of pyridine rings is 1. The van der Waals surface area contributed by atoms with Gasteiger partial charge in [-0.3, -0.25) is 14.5 Å². The molecule has 2 N–H and O–H groups in total. The molecule has 0 unspecified atom stereocenters. The Hall–Kier alpha value is -4.03. The molecule has 2 amide bonds. The van der Waals surface area contributed by atoms with Gasteiger partial charge in [0.05, 0.1) is 18.7 Å². The summed E-state index contributed by atoms with van der Waals surface area (Å²) in [6.45, 7) is 5.82. The van der Waals surface area contributed by atoms with Crippen molar-refractivity contribution in [3.8, 4) is 6.07 Å². The third kappa shape index (κ3) is 6.05. The van der Waals surface area contributed by atoms with Crippen LogP contribution in [0.5, 0.6) is 0 Å². The zero-order chi connectivity index (χ0) is 24.8. The molecular weight excluding hydrogens is 435 g/mol. The summed E-state index contributed by atoms with van der Waals surface area (Å²) >= 11 is 0. The van der Waals surface area contributed by atoms with Gasteiger partial charge in [-0.2, -0.15) is 5.26 Å². The summed E-state index contributed by atoms with van der Waals surface area (Å²) < 4.78 is 15.1. The molecule has 0 saturated heterocycles. The van der Waals surface area contributed by atoms with Crippen LogP contribution >= 0.6 is 0 Å². The molecule has 0 radical (unpaired) electrons. The van der Waals surface area contributed by atoms with E-state index in [9.17, 15) is 19.2 Å². The standard InChI is InChI=1S/C25H27FN6O2/c1-16-6-5-7-22(28-16)29-23(33)14-31(4)15-24(34)30-25-21(12-27)17(2)18(3)32(25)13-19-8-10-20(26)11-9-19/h5-11H,13-15H2,1-4H3,(H,30,34)(H,28,29,33). The maximum Gasteiger partial charge on any atom is 0.239 e. The minimum Gasteiger partial charge on any atom is -0.326 e. The zero-order valence-corrected chi connectivity index (χ0v) is 19.6. The van der Waals surface area contributed by atoms with Gasteiger partial charge < -0.3 is 15.2 Å².